The van der Waals surface area contributed by atoms with Gasteiger partial charge in [0.15, 0.2) is 0 Å². The molecule has 8 nitrogen and oxygen atoms in total. The second-order valence-corrected chi connectivity index (χ2v) is 7.08. The van der Waals surface area contributed by atoms with Crippen LogP contribution in [0.25, 0.3) is 0 Å². The number of carbonyl (C=O) groups is 3. The van der Waals surface area contributed by atoms with Gasteiger partial charge in [0.25, 0.3) is 17.6 Å². The number of ether oxygens (including phenoxy) is 1. The zero-order chi connectivity index (χ0) is 21.9. The molecule has 3 amide bonds. The number of carbonyl (C=O) groups excluding carboxylic acids is 3. The highest BCUT2D eigenvalue weighted by atomic mass is 35.5. The topological polar surface area (TPSA) is 108 Å². The zero-order valence-corrected chi connectivity index (χ0v) is 16.7. The number of benzene rings is 2. The minimum Gasteiger partial charge on any atom is -0.407 e. The Morgan fingerprint density at radius 2 is 2.07 bits per heavy atom. The van der Waals surface area contributed by atoms with E-state index in [4.69, 9.17) is 16.3 Å². The van der Waals surface area contributed by atoms with Gasteiger partial charge in [-0.2, -0.15) is 0 Å². The van der Waals surface area contributed by atoms with Gasteiger partial charge in [-0.3, -0.25) is 9.59 Å². The van der Waals surface area contributed by atoms with Gasteiger partial charge in [-0.15, -0.1) is 0 Å². The van der Waals surface area contributed by atoms with Crippen molar-refractivity contribution < 1.29 is 28.6 Å². The number of aliphatic hydroxyl groups is 1. The summed E-state index contributed by atoms with van der Waals surface area (Å²) < 4.78 is 18.3. The van der Waals surface area contributed by atoms with Crippen LogP contribution in [0.5, 0.6) is 0 Å². The number of amides is 3. The molecule has 2 aromatic carbocycles. The van der Waals surface area contributed by atoms with E-state index in [1.807, 2.05) is 0 Å². The van der Waals surface area contributed by atoms with Gasteiger partial charge in [-0.1, -0.05) is 17.7 Å². The summed E-state index contributed by atoms with van der Waals surface area (Å²) in [5, 5.41) is 15.5. The van der Waals surface area contributed by atoms with E-state index in [0.29, 0.717) is 16.8 Å². The maximum atomic E-state index is 13.4. The van der Waals surface area contributed by atoms with Gasteiger partial charge in [0.05, 0.1) is 0 Å². The van der Waals surface area contributed by atoms with E-state index in [-0.39, 0.29) is 30.4 Å². The van der Waals surface area contributed by atoms with Crippen molar-refractivity contribution >= 4 is 35.2 Å². The van der Waals surface area contributed by atoms with E-state index in [2.05, 4.69) is 10.6 Å². The monoisotopic (exact) mass is 435 g/mol. The molecule has 1 atom stereocenters. The summed E-state index contributed by atoms with van der Waals surface area (Å²) in [5.41, 5.74) is 1.11. The lowest BCUT2D eigenvalue weighted by Crippen LogP contribution is -2.46. The van der Waals surface area contributed by atoms with E-state index in [1.54, 1.807) is 18.2 Å². The maximum Gasteiger partial charge on any atom is 0.410 e. The lowest BCUT2D eigenvalue weighted by molar-refractivity contribution is -0.175. The van der Waals surface area contributed by atoms with E-state index in [9.17, 15) is 23.9 Å². The number of halogens is 2. The highest BCUT2D eigenvalue weighted by molar-refractivity contribution is 6.30. The Morgan fingerprint density at radius 1 is 1.30 bits per heavy atom. The molecule has 1 heterocycles. The molecular weight excluding hydrogens is 417 g/mol. The smallest absolute Gasteiger partial charge is 0.407 e. The largest absolute Gasteiger partial charge is 0.410 e. The molecule has 1 unspecified atom stereocenters. The number of hydrogen-bond acceptors (Lipinski definition) is 5. The number of anilines is 1. The van der Waals surface area contributed by atoms with Crippen LogP contribution in [0.4, 0.5) is 14.9 Å². The van der Waals surface area contributed by atoms with Crippen LogP contribution in [0.15, 0.2) is 42.5 Å². The number of rotatable bonds is 5. The predicted molar refractivity (Wildman–Crippen MR) is 106 cm³/mol. The number of nitrogens with zero attached hydrogens (tertiary/aromatic N) is 1. The van der Waals surface area contributed by atoms with E-state index >= 15 is 0 Å². The number of hydrogen-bond donors (Lipinski definition) is 3. The van der Waals surface area contributed by atoms with Gasteiger partial charge in [-0.25, -0.2) is 9.18 Å². The summed E-state index contributed by atoms with van der Waals surface area (Å²) >= 11 is 5.76. The Hall–Kier alpha value is -3.17. The van der Waals surface area contributed by atoms with Crippen molar-refractivity contribution in [2.24, 2.45) is 0 Å². The summed E-state index contributed by atoms with van der Waals surface area (Å²) in [6.45, 7) is -0.0300. The Bertz CT molecular complexity index is 982. The van der Waals surface area contributed by atoms with Crippen LogP contribution >= 0.6 is 11.6 Å². The lowest BCUT2D eigenvalue weighted by Gasteiger charge is -2.22. The molecule has 10 heteroatoms. The molecule has 0 radical (unpaired) electrons. The van der Waals surface area contributed by atoms with Crippen LogP contribution in [0.2, 0.25) is 5.02 Å². The second-order valence-electron chi connectivity index (χ2n) is 6.64. The molecule has 1 saturated heterocycles. The Balaban J connectivity index is 1.65. The molecule has 0 saturated carbocycles. The number of alkyl carbamates (subject to hydrolysis) is 1. The predicted octanol–water partition coefficient (Wildman–Crippen LogP) is 2.19. The zero-order valence-electron chi connectivity index (χ0n) is 15.9. The molecule has 0 aliphatic carbocycles. The summed E-state index contributed by atoms with van der Waals surface area (Å²) in [4.78, 5) is 37.8. The molecule has 3 rings (SSSR count). The van der Waals surface area contributed by atoms with Crippen molar-refractivity contribution in [1.82, 2.24) is 10.6 Å². The van der Waals surface area contributed by atoms with Crippen molar-refractivity contribution in [1.29, 1.82) is 0 Å². The van der Waals surface area contributed by atoms with Crippen LogP contribution in [0.3, 0.4) is 0 Å². The van der Waals surface area contributed by atoms with Crippen LogP contribution in [0, 0.1) is 5.82 Å². The molecule has 0 aromatic heterocycles. The fourth-order valence-electron chi connectivity index (χ4n) is 3.06. The van der Waals surface area contributed by atoms with Crippen molar-refractivity contribution in [3.8, 4) is 0 Å². The van der Waals surface area contributed by atoms with Gasteiger partial charge in [0, 0.05) is 42.8 Å². The fraction of sp³-hybridized carbons (Fsp3) is 0.250. The molecule has 1 aliphatic rings. The van der Waals surface area contributed by atoms with Crippen LogP contribution in [-0.4, -0.2) is 42.4 Å². The van der Waals surface area contributed by atoms with Gasteiger partial charge >= 0.3 is 6.09 Å². The summed E-state index contributed by atoms with van der Waals surface area (Å²) in [6, 6.07) is 10.0. The first-order valence-corrected chi connectivity index (χ1v) is 9.38. The molecule has 1 aliphatic heterocycles. The van der Waals surface area contributed by atoms with Gasteiger partial charge in [-0.05, 0) is 42.0 Å². The molecule has 1 fully saturated rings. The number of nitrogens with one attached hydrogen (secondary N) is 2. The minimum absolute atomic E-state index is 0.0827. The molecule has 3 N–H and O–H groups in total. The molecule has 0 bridgehead atoms. The first-order chi connectivity index (χ1) is 14.2. The van der Waals surface area contributed by atoms with Gasteiger partial charge in [0.1, 0.15) is 5.82 Å². The Kier molecular flexibility index (Phi) is 6.23. The van der Waals surface area contributed by atoms with Gasteiger partial charge in [0.2, 0.25) is 0 Å². The van der Waals surface area contributed by atoms with Gasteiger partial charge < -0.3 is 25.4 Å². The van der Waals surface area contributed by atoms with Crippen molar-refractivity contribution in [3.63, 3.8) is 0 Å². The normalized spacial score (nSPS) is 18.3. The van der Waals surface area contributed by atoms with E-state index in [0.717, 1.165) is 6.07 Å². The summed E-state index contributed by atoms with van der Waals surface area (Å²) in [6.07, 6.45) is -1.21. The first kappa shape index (κ1) is 21.5. The van der Waals surface area contributed by atoms with Crippen LogP contribution in [0.1, 0.15) is 22.3 Å². The molecule has 158 valence electrons. The average Bonchev–Trinajstić information content (AvgIpc) is 2.99. The second kappa shape index (κ2) is 8.68. The van der Waals surface area contributed by atoms with Crippen LogP contribution in [-0.2, 0) is 16.1 Å². The third-order valence-corrected chi connectivity index (χ3v) is 4.74. The van der Waals surface area contributed by atoms with Crippen molar-refractivity contribution in [2.45, 2.75) is 18.8 Å². The Labute approximate surface area is 176 Å². The molecule has 30 heavy (non-hydrogen) atoms. The third-order valence-electron chi connectivity index (χ3n) is 4.52. The highest BCUT2D eigenvalue weighted by Gasteiger charge is 2.49. The lowest BCUT2D eigenvalue weighted by atomic mass is 10.1. The average molecular weight is 436 g/mol. The maximum absolute atomic E-state index is 13.4. The SMILES string of the molecule is CNC(=O)c1cccc(N2CCC(O)(OC(=O)NCc3cc(F)cc(Cl)c3)C2=O)c1. The van der Waals surface area contributed by atoms with Crippen molar-refractivity contribution in [2.75, 3.05) is 18.5 Å². The molecular formula is C20H19ClFN3O5. The van der Waals surface area contributed by atoms with E-state index < -0.39 is 23.6 Å². The Morgan fingerprint density at radius 3 is 2.77 bits per heavy atom. The molecule has 2 aromatic rings. The summed E-state index contributed by atoms with van der Waals surface area (Å²) in [7, 11) is 1.49. The minimum atomic E-state index is -2.35. The fourth-order valence-corrected chi connectivity index (χ4v) is 3.30. The quantitative estimate of drug-likeness (QED) is 0.624. The summed E-state index contributed by atoms with van der Waals surface area (Å²) in [5.74, 6) is -4.08. The van der Waals surface area contributed by atoms with Crippen molar-refractivity contribution in [3.05, 3.63) is 64.4 Å². The standard InChI is InChI=1S/C20H19ClFN3O5/c1-23-17(26)13-3-2-4-16(9-13)25-6-5-20(29,18(25)27)30-19(28)24-11-12-7-14(21)10-15(22)8-12/h2-4,7-10,29H,5-6,11H2,1H3,(H,23,26)(H,24,28). The molecule has 0 spiro atoms. The highest BCUT2D eigenvalue weighted by Crippen LogP contribution is 2.30. The van der Waals surface area contributed by atoms with E-state index in [1.165, 1.54) is 30.1 Å². The van der Waals surface area contributed by atoms with Crippen LogP contribution < -0.4 is 15.5 Å². The first-order valence-electron chi connectivity index (χ1n) is 9.00. The third kappa shape index (κ3) is 4.69.